The summed E-state index contributed by atoms with van der Waals surface area (Å²) < 4.78 is 38.1. The number of carbonyl (C=O) groups is 1. The van der Waals surface area contributed by atoms with Crippen LogP contribution in [0.5, 0.6) is 11.5 Å². The normalized spacial score (nSPS) is 11.0. The van der Waals surface area contributed by atoms with Gasteiger partial charge in [0.25, 0.3) is 10.0 Å². The molecule has 0 saturated heterocycles. The molecule has 0 atom stereocenters. The summed E-state index contributed by atoms with van der Waals surface area (Å²) >= 11 is 0. The van der Waals surface area contributed by atoms with Crippen molar-refractivity contribution in [1.29, 1.82) is 0 Å². The number of nitrogens with zero attached hydrogens (tertiary/aromatic N) is 1. The topological polar surface area (TPSA) is 84.9 Å². The molecule has 0 aliphatic rings. The van der Waals surface area contributed by atoms with Crippen molar-refractivity contribution in [3.63, 3.8) is 0 Å². The summed E-state index contributed by atoms with van der Waals surface area (Å²) in [5.74, 6) is 0.458. The van der Waals surface area contributed by atoms with E-state index in [-0.39, 0.29) is 17.3 Å². The van der Waals surface area contributed by atoms with Crippen LogP contribution in [0.3, 0.4) is 0 Å². The fourth-order valence-corrected chi connectivity index (χ4v) is 4.00. The van der Waals surface area contributed by atoms with E-state index in [2.05, 4.69) is 5.32 Å². The predicted molar refractivity (Wildman–Crippen MR) is 109 cm³/mol. The van der Waals surface area contributed by atoms with Crippen LogP contribution >= 0.6 is 0 Å². The zero-order valence-electron chi connectivity index (χ0n) is 16.6. The standard InChI is InChI=1S/C20H26N2O5S/c1-5-12-21-20(23)14-22(16-8-11-18(26-3)19(13-16)27-4)28(24,25)17-9-6-15(2)7-10-17/h6-11,13H,5,12,14H2,1-4H3,(H,21,23). The lowest BCUT2D eigenvalue weighted by Gasteiger charge is -2.25. The molecule has 2 aromatic carbocycles. The van der Waals surface area contributed by atoms with Crippen molar-refractivity contribution in [3.8, 4) is 11.5 Å². The zero-order chi connectivity index (χ0) is 20.7. The Kier molecular flexibility index (Phi) is 7.28. The minimum atomic E-state index is -3.96. The first-order valence-electron chi connectivity index (χ1n) is 8.91. The third-order valence-electron chi connectivity index (χ3n) is 4.12. The molecule has 1 N–H and O–H groups in total. The molecular weight excluding hydrogens is 380 g/mol. The van der Waals surface area contributed by atoms with Gasteiger partial charge in [0.05, 0.1) is 24.8 Å². The number of sulfonamides is 1. The quantitative estimate of drug-likeness (QED) is 0.692. The molecular formula is C20H26N2O5S. The van der Waals surface area contributed by atoms with E-state index in [1.54, 1.807) is 24.3 Å². The van der Waals surface area contributed by atoms with Crippen LogP contribution in [0.2, 0.25) is 0 Å². The maximum absolute atomic E-state index is 13.3. The molecule has 8 heteroatoms. The highest BCUT2D eigenvalue weighted by Gasteiger charge is 2.28. The van der Waals surface area contributed by atoms with Gasteiger partial charge in [0.15, 0.2) is 11.5 Å². The molecule has 0 heterocycles. The van der Waals surface area contributed by atoms with Crippen LogP contribution in [0.15, 0.2) is 47.4 Å². The summed E-state index contributed by atoms with van der Waals surface area (Å²) in [4.78, 5) is 12.4. The summed E-state index contributed by atoms with van der Waals surface area (Å²) in [5.41, 5.74) is 1.25. The fraction of sp³-hybridized carbons (Fsp3) is 0.350. The van der Waals surface area contributed by atoms with Gasteiger partial charge in [-0.05, 0) is 37.6 Å². The lowest BCUT2D eigenvalue weighted by molar-refractivity contribution is -0.119. The molecule has 28 heavy (non-hydrogen) atoms. The van der Waals surface area contributed by atoms with Crippen LogP contribution < -0.4 is 19.1 Å². The third kappa shape index (κ3) is 4.95. The van der Waals surface area contributed by atoms with E-state index in [0.29, 0.717) is 23.7 Å². The van der Waals surface area contributed by atoms with Crippen molar-refractivity contribution in [1.82, 2.24) is 5.32 Å². The molecule has 2 rings (SSSR count). The number of carbonyl (C=O) groups excluding carboxylic acids is 1. The van der Waals surface area contributed by atoms with Crippen molar-refractivity contribution in [2.45, 2.75) is 25.2 Å². The van der Waals surface area contributed by atoms with E-state index in [9.17, 15) is 13.2 Å². The van der Waals surface area contributed by atoms with Gasteiger partial charge in [-0.1, -0.05) is 24.6 Å². The SMILES string of the molecule is CCCNC(=O)CN(c1ccc(OC)c(OC)c1)S(=O)(=O)c1ccc(C)cc1. The molecule has 0 aliphatic heterocycles. The van der Waals surface area contributed by atoms with Gasteiger partial charge in [0.2, 0.25) is 5.91 Å². The second-order valence-electron chi connectivity index (χ2n) is 6.21. The maximum Gasteiger partial charge on any atom is 0.264 e. The van der Waals surface area contributed by atoms with Gasteiger partial charge in [-0.2, -0.15) is 0 Å². The minimum Gasteiger partial charge on any atom is -0.493 e. The first kappa shape index (κ1) is 21.6. The lowest BCUT2D eigenvalue weighted by atomic mass is 10.2. The number of amides is 1. The number of methoxy groups -OCH3 is 2. The smallest absolute Gasteiger partial charge is 0.264 e. The highest BCUT2D eigenvalue weighted by Crippen LogP contribution is 2.33. The van der Waals surface area contributed by atoms with E-state index in [1.807, 2.05) is 13.8 Å². The molecule has 0 aliphatic carbocycles. The highest BCUT2D eigenvalue weighted by molar-refractivity contribution is 7.92. The van der Waals surface area contributed by atoms with Crippen LogP contribution in [-0.4, -0.2) is 41.6 Å². The van der Waals surface area contributed by atoms with Crippen molar-refractivity contribution in [3.05, 3.63) is 48.0 Å². The van der Waals surface area contributed by atoms with Gasteiger partial charge in [0, 0.05) is 12.6 Å². The number of nitrogens with one attached hydrogen (secondary N) is 1. The summed E-state index contributed by atoms with van der Waals surface area (Å²) in [6.07, 6.45) is 0.757. The molecule has 0 fully saturated rings. The first-order chi connectivity index (χ1) is 13.3. The third-order valence-corrected chi connectivity index (χ3v) is 5.91. The van der Waals surface area contributed by atoms with E-state index in [4.69, 9.17) is 9.47 Å². The molecule has 0 aromatic heterocycles. The Morgan fingerprint density at radius 1 is 1.04 bits per heavy atom. The molecule has 0 spiro atoms. The summed E-state index contributed by atoms with van der Waals surface area (Å²) in [5, 5.41) is 2.72. The van der Waals surface area contributed by atoms with Gasteiger partial charge < -0.3 is 14.8 Å². The number of benzene rings is 2. The van der Waals surface area contributed by atoms with Crippen LogP contribution in [0, 0.1) is 6.92 Å². The Hall–Kier alpha value is -2.74. The molecule has 0 saturated carbocycles. The Morgan fingerprint density at radius 3 is 2.25 bits per heavy atom. The van der Waals surface area contributed by atoms with Gasteiger partial charge in [-0.15, -0.1) is 0 Å². The number of aryl methyl sites for hydroxylation is 1. The van der Waals surface area contributed by atoms with E-state index in [1.165, 1.54) is 32.4 Å². The van der Waals surface area contributed by atoms with Crippen LogP contribution in [-0.2, 0) is 14.8 Å². The first-order valence-corrected chi connectivity index (χ1v) is 10.4. The van der Waals surface area contributed by atoms with Crippen molar-refractivity contribution < 1.29 is 22.7 Å². The number of hydrogen-bond acceptors (Lipinski definition) is 5. The Balaban J connectivity index is 2.50. The van der Waals surface area contributed by atoms with E-state index < -0.39 is 10.0 Å². The second-order valence-corrected chi connectivity index (χ2v) is 8.08. The summed E-state index contributed by atoms with van der Waals surface area (Å²) in [6, 6.07) is 11.2. The number of anilines is 1. The predicted octanol–water partition coefficient (Wildman–Crippen LogP) is 2.73. The largest absolute Gasteiger partial charge is 0.493 e. The molecule has 152 valence electrons. The van der Waals surface area contributed by atoms with Crippen LogP contribution in [0.4, 0.5) is 5.69 Å². The number of rotatable bonds is 9. The number of hydrogen-bond donors (Lipinski definition) is 1. The number of ether oxygens (including phenoxy) is 2. The Labute approximate surface area is 166 Å². The monoisotopic (exact) mass is 406 g/mol. The average Bonchev–Trinajstić information content (AvgIpc) is 2.70. The molecule has 0 bridgehead atoms. The molecule has 0 unspecified atom stereocenters. The van der Waals surface area contributed by atoms with Crippen LogP contribution in [0.25, 0.3) is 0 Å². The highest BCUT2D eigenvalue weighted by atomic mass is 32.2. The van der Waals surface area contributed by atoms with Crippen molar-refractivity contribution in [2.75, 3.05) is 31.6 Å². The maximum atomic E-state index is 13.3. The second kappa shape index (κ2) is 9.45. The molecule has 1 amide bonds. The lowest BCUT2D eigenvalue weighted by Crippen LogP contribution is -2.41. The Bertz CT molecular complexity index is 911. The molecule has 7 nitrogen and oxygen atoms in total. The zero-order valence-corrected chi connectivity index (χ0v) is 17.4. The van der Waals surface area contributed by atoms with Gasteiger partial charge >= 0.3 is 0 Å². The van der Waals surface area contributed by atoms with Crippen molar-refractivity contribution >= 4 is 21.6 Å². The van der Waals surface area contributed by atoms with E-state index in [0.717, 1.165) is 16.3 Å². The summed E-state index contributed by atoms with van der Waals surface area (Å²) in [7, 11) is -0.996. The van der Waals surface area contributed by atoms with Gasteiger partial charge in [0.1, 0.15) is 6.54 Å². The molecule has 0 radical (unpaired) electrons. The van der Waals surface area contributed by atoms with E-state index >= 15 is 0 Å². The van der Waals surface area contributed by atoms with Gasteiger partial charge in [-0.25, -0.2) is 8.42 Å². The van der Waals surface area contributed by atoms with Crippen LogP contribution in [0.1, 0.15) is 18.9 Å². The fourth-order valence-electron chi connectivity index (χ4n) is 2.58. The van der Waals surface area contributed by atoms with Gasteiger partial charge in [-0.3, -0.25) is 9.10 Å². The minimum absolute atomic E-state index is 0.108. The average molecular weight is 407 g/mol. The summed E-state index contributed by atoms with van der Waals surface area (Å²) in [6.45, 7) is 3.94. The Morgan fingerprint density at radius 2 is 1.68 bits per heavy atom. The molecule has 2 aromatic rings. The van der Waals surface area contributed by atoms with Crippen molar-refractivity contribution in [2.24, 2.45) is 0 Å².